The first kappa shape index (κ1) is 52.9. The Labute approximate surface area is 403 Å². The highest BCUT2D eigenvalue weighted by Crippen LogP contribution is 2.20. The molecule has 2 aromatic heterocycles. The summed E-state index contributed by atoms with van der Waals surface area (Å²) in [4.78, 5) is 68.2. The Morgan fingerprint density at radius 3 is 1.47 bits per heavy atom. The molecular formula is C52H73N9O7. The fraction of sp³-hybridized carbons (Fsp3) is 0.500. The highest BCUT2D eigenvalue weighted by atomic mass is 16.6. The monoisotopic (exact) mass is 936 g/mol. The number of nitrogens with one attached hydrogen (secondary N) is 2. The van der Waals surface area contributed by atoms with Gasteiger partial charge in [-0.25, -0.2) is 9.59 Å². The number of hydrogen-bond acceptors (Lipinski definition) is 12. The summed E-state index contributed by atoms with van der Waals surface area (Å²) >= 11 is 0. The molecule has 0 saturated carbocycles. The second kappa shape index (κ2) is 26.4. The standard InChI is InChI=1S/C27H30N4O3.C16H25N3O2.C9H18N2O2/c1-34-24-9-7-23(8-10-24)26(32)29-25(22-5-3-2-4-6-22)27(33)31-19-17-30(18-20-31)16-13-21-11-14-28-15-12-21;1-16(2,3)21-15(20)19-12-10-18(11-13-19)9-6-14-4-7-17-8-5-14;1-9(2,3)13-8(12)11-6-4-10-5-7-11/h2-12,14-15,25H,13,16-20H2,1H3,(H,29,32);4-5,7-8H,6,9-13H2,1-3H3;10H,4-7H2,1-3H3/t25-;;/m1../s1. The molecule has 2 aromatic carbocycles. The molecule has 0 spiro atoms. The van der Waals surface area contributed by atoms with Gasteiger partial charge in [0.25, 0.3) is 5.91 Å². The second-order valence-electron chi connectivity index (χ2n) is 18.9. The van der Waals surface area contributed by atoms with Crippen molar-refractivity contribution in [3.8, 4) is 5.75 Å². The number of carbonyl (C=O) groups is 4. The minimum absolute atomic E-state index is 0.0816. The lowest BCUT2D eigenvalue weighted by Gasteiger charge is -2.36. The van der Waals surface area contributed by atoms with E-state index in [4.69, 9.17) is 14.2 Å². The molecule has 0 bridgehead atoms. The number of piperazine rings is 3. The molecule has 0 radical (unpaired) electrons. The third-order valence-electron chi connectivity index (χ3n) is 11.4. The normalized spacial score (nSPS) is 16.2. The van der Waals surface area contributed by atoms with Crippen molar-refractivity contribution in [1.82, 2.24) is 45.1 Å². The van der Waals surface area contributed by atoms with Crippen molar-refractivity contribution in [1.29, 1.82) is 0 Å². The first-order valence-corrected chi connectivity index (χ1v) is 23.7. The Balaban J connectivity index is 0.000000215. The predicted octanol–water partition coefficient (Wildman–Crippen LogP) is 5.95. The van der Waals surface area contributed by atoms with Gasteiger partial charge in [-0.05, 0) is 120 Å². The lowest BCUT2D eigenvalue weighted by Crippen LogP contribution is -2.52. The van der Waals surface area contributed by atoms with Gasteiger partial charge in [-0.3, -0.25) is 29.4 Å². The molecule has 4 aromatic rings. The lowest BCUT2D eigenvalue weighted by molar-refractivity contribution is -0.135. The van der Waals surface area contributed by atoms with Gasteiger partial charge in [-0.1, -0.05) is 30.3 Å². The van der Waals surface area contributed by atoms with E-state index in [0.717, 1.165) is 96.9 Å². The van der Waals surface area contributed by atoms with Gasteiger partial charge in [-0.2, -0.15) is 0 Å². The van der Waals surface area contributed by atoms with Crippen molar-refractivity contribution in [2.24, 2.45) is 0 Å². The minimum Gasteiger partial charge on any atom is -0.497 e. The maximum Gasteiger partial charge on any atom is 0.410 e. The molecule has 4 amide bonds. The van der Waals surface area contributed by atoms with Crippen molar-refractivity contribution >= 4 is 24.0 Å². The molecule has 368 valence electrons. The molecule has 3 aliphatic heterocycles. The number of ether oxygens (including phenoxy) is 3. The number of hydrogen-bond donors (Lipinski definition) is 2. The Bertz CT molecular complexity index is 2110. The molecule has 1 atom stereocenters. The van der Waals surface area contributed by atoms with E-state index < -0.39 is 11.6 Å². The summed E-state index contributed by atoms with van der Waals surface area (Å²) in [5, 5.41) is 6.13. The molecule has 3 aliphatic rings. The maximum atomic E-state index is 13.5. The van der Waals surface area contributed by atoms with Crippen LogP contribution in [-0.2, 0) is 27.1 Å². The van der Waals surface area contributed by atoms with Crippen LogP contribution in [0.1, 0.15) is 74.6 Å². The number of benzene rings is 2. The molecule has 7 rings (SSSR count). The number of pyridine rings is 2. The number of carbonyl (C=O) groups excluding carboxylic acids is 4. The summed E-state index contributed by atoms with van der Waals surface area (Å²) in [6.45, 7) is 22.7. The number of amides is 4. The van der Waals surface area contributed by atoms with Gasteiger partial charge < -0.3 is 39.5 Å². The van der Waals surface area contributed by atoms with E-state index >= 15 is 0 Å². The molecule has 3 fully saturated rings. The Morgan fingerprint density at radius 1 is 0.588 bits per heavy atom. The van der Waals surface area contributed by atoms with Crippen molar-refractivity contribution < 1.29 is 33.4 Å². The van der Waals surface area contributed by atoms with Crippen molar-refractivity contribution in [2.45, 2.75) is 71.6 Å². The molecule has 3 saturated heterocycles. The topological polar surface area (TPSA) is 162 Å². The van der Waals surface area contributed by atoms with Crippen LogP contribution in [0.4, 0.5) is 9.59 Å². The zero-order valence-electron chi connectivity index (χ0n) is 41.2. The average Bonchev–Trinajstić information content (AvgIpc) is 3.35. The van der Waals surface area contributed by atoms with Gasteiger partial charge in [0.1, 0.15) is 23.0 Å². The molecule has 0 unspecified atom stereocenters. The molecule has 16 heteroatoms. The Hall–Kier alpha value is -6.10. The summed E-state index contributed by atoms with van der Waals surface area (Å²) in [5.41, 5.74) is 3.01. The summed E-state index contributed by atoms with van der Waals surface area (Å²) in [5.74, 6) is 0.303. The van der Waals surface area contributed by atoms with Crippen molar-refractivity contribution in [2.75, 3.05) is 98.7 Å². The highest BCUT2D eigenvalue weighted by molar-refractivity contribution is 5.98. The first-order valence-electron chi connectivity index (χ1n) is 23.7. The van der Waals surface area contributed by atoms with E-state index in [1.165, 1.54) is 11.1 Å². The molecular weight excluding hydrogens is 863 g/mol. The molecule has 5 heterocycles. The zero-order valence-corrected chi connectivity index (χ0v) is 41.2. The number of methoxy groups -OCH3 is 1. The van der Waals surface area contributed by atoms with Crippen LogP contribution in [0.2, 0.25) is 0 Å². The van der Waals surface area contributed by atoms with Crippen LogP contribution in [0, 0.1) is 0 Å². The molecule has 0 aliphatic carbocycles. The van der Waals surface area contributed by atoms with E-state index in [2.05, 4.69) is 42.5 Å². The third kappa shape index (κ3) is 18.5. The number of rotatable bonds is 11. The molecule has 16 nitrogen and oxygen atoms in total. The SMILES string of the molecule is CC(C)(C)OC(=O)N1CCN(CCc2ccncc2)CC1.CC(C)(C)OC(=O)N1CCNCC1.COc1ccc(C(=O)N[C@@H](C(=O)N2CCN(CCc3ccncc3)CC2)c2ccccc2)cc1. The Kier molecular flexibility index (Phi) is 20.6. The van der Waals surface area contributed by atoms with E-state index in [0.29, 0.717) is 24.4 Å². The van der Waals surface area contributed by atoms with Gasteiger partial charge in [0.15, 0.2) is 0 Å². The highest BCUT2D eigenvalue weighted by Gasteiger charge is 2.31. The van der Waals surface area contributed by atoms with E-state index in [9.17, 15) is 19.2 Å². The summed E-state index contributed by atoms with van der Waals surface area (Å²) in [7, 11) is 1.58. The average molecular weight is 936 g/mol. The lowest BCUT2D eigenvalue weighted by atomic mass is 10.0. The minimum atomic E-state index is -0.737. The predicted molar refractivity (Wildman–Crippen MR) is 263 cm³/mol. The summed E-state index contributed by atoms with van der Waals surface area (Å²) < 4.78 is 15.8. The molecule has 2 N–H and O–H groups in total. The van der Waals surface area contributed by atoms with Crippen LogP contribution in [-0.4, -0.2) is 168 Å². The van der Waals surface area contributed by atoms with E-state index in [-0.39, 0.29) is 29.6 Å². The fourth-order valence-electron chi connectivity index (χ4n) is 7.59. The molecule has 68 heavy (non-hydrogen) atoms. The van der Waals surface area contributed by atoms with Gasteiger partial charge >= 0.3 is 12.2 Å². The smallest absolute Gasteiger partial charge is 0.410 e. The van der Waals surface area contributed by atoms with Gasteiger partial charge in [-0.15, -0.1) is 0 Å². The zero-order chi connectivity index (χ0) is 48.9. The summed E-state index contributed by atoms with van der Waals surface area (Å²) in [6.07, 6.45) is 8.87. The van der Waals surface area contributed by atoms with E-state index in [1.54, 1.807) is 41.2 Å². The number of nitrogens with zero attached hydrogens (tertiary/aromatic N) is 7. The number of aromatic nitrogens is 2. The quantitative estimate of drug-likeness (QED) is 0.182. The van der Waals surface area contributed by atoms with Gasteiger partial charge in [0.05, 0.1) is 7.11 Å². The van der Waals surface area contributed by atoms with Crippen molar-refractivity contribution in [3.63, 3.8) is 0 Å². The van der Waals surface area contributed by atoms with Crippen LogP contribution in [0.15, 0.2) is 104 Å². The van der Waals surface area contributed by atoms with Crippen LogP contribution in [0.5, 0.6) is 5.75 Å². The van der Waals surface area contributed by atoms with Gasteiger partial charge in [0, 0.05) is 122 Å². The fourth-order valence-corrected chi connectivity index (χ4v) is 7.59. The van der Waals surface area contributed by atoms with Crippen LogP contribution in [0.25, 0.3) is 0 Å². The van der Waals surface area contributed by atoms with Crippen molar-refractivity contribution in [3.05, 3.63) is 126 Å². The third-order valence-corrected chi connectivity index (χ3v) is 11.4. The maximum absolute atomic E-state index is 13.5. The van der Waals surface area contributed by atoms with E-state index in [1.807, 2.05) is 114 Å². The summed E-state index contributed by atoms with van der Waals surface area (Å²) in [6, 6.07) is 23.7. The Morgan fingerprint density at radius 2 is 1.03 bits per heavy atom. The second-order valence-corrected chi connectivity index (χ2v) is 18.9. The van der Waals surface area contributed by atoms with Crippen LogP contribution in [0.3, 0.4) is 0 Å². The van der Waals surface area contributed by atoms with Crippen LogP contribution < -0.4 is 15.4 Å². The van der Waals surface area contributed by atoms with Gasteiger partial charge in [0.2, 0.25) is 5.91 Å². The first-order chi connectivity index (χ1) is 32.6. The van der Waals surface area contributed by atoms with Crippen LogP contribution >= 0.6 is 0 Å². The largest absolute Gasteiger partial charge is 0.497 e.